The number of rotatable bonds is 5. The van der Waals surface area contributed by atoms with Gasteiger partial charge in [-0.25, -0.2) is 4.98 Å². The molecule has 0 aliphatic carbocycles. The number of likely N-dealkylation sites (tertiary alicyclic amines) is 1. The monoisotopic (exact) mass is 329 g/mol. The Bertz CT molecular complexity index is 655. The van der Waals surface area contributed by atoms with Crippen molar-refractivity contribution in [1.82, 2.24) is 9.88 Å². The summed E-state index contributed by atoms with van der Waals surface area (Å²) in [7, 11) is 0. The number of hydrogen-bond donors (Lipinski definition) is 0. The first-order valence-corrected chi connectivity index (χ1v) is 9.05. The van der Waals surface area contributed by atoms with E-state index in [1.807, 2.05) is 6.92 Å². The molecule has 0 bridgehead atoms. The summed E-state index contributed by atoms with van der Waals surface area (Å²) in [5.41, 5.74) is 2.50. The van der Waals surface area contributed by atoms with E-state index in [1.165, 1.54) is 12.0 Å². The van der Waals surface area contributed by atoms with Crippen LogP contribution in [0.4, 0.5) is 5.13 Å². The maximum absolute atomic E-state index is 11.6. The van der Waals surface area contributed by atoms with Crippen molar-refractivity contribution < 1.29 is 4.79 Å². The number of benzene rings is 1. The predicted octanol–water partition coefficient (Wildman–Crippen LogP) is 3.51. The number of anilines is 1. The first-order chi connectivity index (χ1) is 11.2. The second kappa shape index (κ2) is 7.23. The van der Waals surface area contributed by atoms with Crippen LogP contribution in [0.15, 0.2) is 35.7 Å². The van der Waals surface area contributed by atoms with Gasteiger partial charge >= 0.3 is 0 Å². The fourth-order valence-electron chi connectivity index (χ4n) is 3.19. The van der Waals surface area contributed by atoms with Gasteiger partial charge in [0.2, 0.25) is 5.91 Å². The van der Waals surface area contributed by atoms with E-state index < -0.39 is 0 Å². The number of nitrogens with zero attached hydrogens (tertiary/aromatic N) is 3. The molecule has 1 atom stereocenters. The summed E-state index contributed by atoms with van der Waals surface area (Å²) in [5, 5.41) is 2.89. The number of amides is 1. The van der Waals surface area contributed by atoms with Crippen LogP contribution in [0.2, 0.25) is 0 Å². The van der Waals surface area contributed by atoms with E-state index in [0.717, 1.165) is 30.5 Å². The summed E-state index contributed by atoms with van der Waals surface area (Å²) >= 11 is 1.56. The molecule has 5 heteroatoms. The largest absolute Gasteiger partial charge is 0.297 e. The van der Waals surface area contributed by atoms with Gasteiger partial charge in [-0.2, -0.15) is 0 Å². The lowest BCUT2D eigenvalue weighted by Gasteiger charge is -2.16. The van der Waals surface area contributed by atoms with E-state index in [-0.39, 0.29) is 5.91 Å². The molecule has 1 aliphatic heterocycles. The van der Waals surface area contributed by atoms with Gasteiger partial charge in [0.15, 0.2) is 5.13 Å². The molecule has 3 rings (SSSR count). The lowest BCUT2D eigenvalue weighted by Crippen LogP contribution is -2.27. The predicted molar refractivity (Wildman–Crippen MR) is 94.9 cm³/mol. The molecular formula is C18H23N3OS. The molecule has 2 aromatic rings. The number of carbonyl (C=O) groups excluding carboxylic acids is 1. The molecule has 23 heavy (non-hydrogen) atoms. The third-order valence-electron chi connectivity index (χ3n) is 4.40. The zero-order valence-electron chi connectivity index (χ0n) is 13.7. The van der Waals surface area contributed by atoms with E-state index in [1.54, 1.807) is 23.2 Å². The van der Waals surface area contributed by atoms with Gasteiger partial charge in [0.25, 0.3) is 0 Å². The van der Waals surface area contributed by atoms with Crippen molar-refractivity contribution in [1.29, 1.82) is 0 Å². The SMILES string of the molecule is CCN(C(C)=O)c1nc(CN2CCC(c3ccccc3)C2)cs1. The van der Waals surface area contributed by atoms with Gasteiger partial charge < -0.3 is 0 Å². The van der Waals surface area contributed by atoms with Crippen molar-refractivity contribution >= 4 is 22.4 Å². The highest BCUT2D eigenvalue weighted by atomic mass is 32.1. The van der Waals surface area contributed by atoms with Crippen LogP contribution in [-0.4, -0.2) is 35.4 Å². The number of aromatic nitrogens is 1. The quantitative estimate of drug-likeness (QED) is 0.842. The fraction of sp³-hybridized carbons (Fsp3) is 0.444. The minimum absolute atomic E-state index is 0.0544. The van der Waals surface area contributed by atoms with Crippen LogP contribution >= 0.6 is 11.3 Å². The van der Waals surface area contributed by atoms with Crippen LogP contribution in [-0.2, 0) is 11.3 Å². The zero-order valence-corrected chi connectivity index (χ0v) is 14.6. The Morgan fingerprint density at radius 3 is 2.87 bits per heavy atom. The molecule has 1 aromatic heterocycles. The van der Waals surface area contributed by atoms with Crippen molar-refractivity contribution in [2.75, 3.05) is 24.5 Å². The van der Waals surface area contributed by atoms with Crippen LogP contribution < -0.4 is 4.90 Å². The normalized spacial score (nSPS) is 18.3. The number of thiazole rings is 1. The van der Waals surface area contributed by atoms with Gasteiger partial charge in [-0.15, -0.1) is 11.3 Å². The molecule has 1 saturated heterocycles. The Balaban J connectivity index is 1.61. The Morgan fingerprint density at radius 1 is 1.39 bits per heavy atom. The third-order valence-corrected chi connectivity index (χ3v) is 5.31. The van der Waals surface area contributed by atoms with Gasteiger partial charge in [-0.1, -0.05) is 30.3 Å². The maximum atomic E-state index is 11.6. The topological polar surface area (TPSA) is 36.4 Å². The smallest absolute Gasteiger partial charge is 0.225 e. The Morgan fingerprint density at radius 2 is 2.17 bits per heavy atom. The maximum Gasteiger partial charge on any atom is 0.225 e. The van der Waals surface area contributed by atoms with Crippen LogP contribution in [0.3, 0.4) is 0 Å². The Kier molecular flexibility index (Phi) is 5.08. The highest BCUT2D eigenvalue weighted by molar-refractivity contribution is 7.14. The van der Waals surface area contributed by atoms with Crippen LogP contribution in [0.5, 0.6) is 0 Å². The summed E-state index contributed by atoms with van der Waals surface area (Å²) in [6.07, 6.45) is 1.20. The molecule has 0 N–H and O–H groups in total. The van der Waals surface area contributed by atoms with Gasteiger partial charge in [0.05, 0.1) is 5.69 Å². The van der Waals surface area contributed by atoms with Gasteiger partial charge in [0.1, 0.15) is 0 Å². The van der Waals surface area contributed by atoms with Crippen molar-refractivity contribution in [2.45, 2.75) is 32.7 Å². The average Bonchev–Trinajstić information content (AvgIpc) is 3.19. The summed E-state index contributed by atoms with van der Waals surface area (Å²) < 4.78 is 0. The third kappa shape index (κ3) is 3.79. The lowest BCUT2D eigenvalue weighted by atomic mass is 9.99. The molecule has 0 saturated carbocycles. The molecule has 1 fully saturated rings. The van der Waals surface area contributed by atoms with Crippen LogP contribution in [0, 0.1) is 0 Å². The molecule has 1 aromatic carbocycles. The van der Waals surface area contributed by atoms with E-state index >= 15 is 0 Å². The molecular weight excluding hydrogens is 306 g/mol. The first kappa shape index (κ1) is 16.1. The van der Waals surface area contributed by atoms with Crippen molar-refractivity contribution in [3.05, 3.63) is 47.0 Å². The molecule has 2 heterocycles. The summed E-state index contributed by atoms with van der Waals surface area (Å²) in [4.78, 5) is 20.4. The first-order valence-electron chi connectivity index (χ1n) is 8.17. The second-order valence-electron chi connectivity index (χ2n) is 6.02. The highest BCUT2D eigenvalue weighted by Gasteiger charge is 2.24. The van der Waals surface area contributed by atoms with E-state index in [4.69, 9.17) is 0 Å². The van der Waals surface area contributed by atoms with E-state index in [2.05, 4.69) is 45.6 Å². The molecule has 122 valence electrons. The molecule has 0 spiro atoms. The minimum Gasteiger partial charge on any atom is -0.297 e. The minimum atomic E-state index is 0.0544. The summed E-state index contributed by atoms with van der Waals surface area (Å²) in [6, 6.07) is 10.8. The fourth-order valence-corrected chi connectivity index (χ4v) is 4.11. The summed E-state index contributed by atoms with van der Waals surface area (Å²) in [6.45, 7) is 7.30. The van der Waals surface area contributed by atoms with E-state index in [9.17, 15) is 4.79 Å². The lowest BCUT2D eigenvalue weighted by molar-refractivity contribution is -0.116. The highest BCUT2D eigenvalue weighted by Crippen LogP contribution is 2.29. The van der Waals surface area contributed by atoms with Gasteiger partial charge in [-0.05, 0) is 31.4 Å². The zero-order chi connectivity index (χ0) is 16.2. The van der Waals surface area contributed by atoms with Gasteiger partial charge in [0, 0.05) is 31.9 Å². The van der Waals surface area contributed by atoms with Crippen LogP contribution in [0.1, 0.15) is 37.4 Å². The average molecular weight is 329 g/mol. The van der Waals surface area contributed by atoms with Crippen LogP contribution in [0.25, 0.3) is 0 Å². The van der Waals surface area contributed by atoms with Crippen molar-refractivity contribution in [3.63, 3.8) is 0 Å². The molecule has 0 radical (unpaired) electrons. The molecule has 4 nitrogen and oxygen atoms in total. The Labute approximate surface area is 141 Å². The number of carbonyl (C=O) groups is 1. The second-order valence-corrected chi connectivity index (χ2v) is 6.85. The van der Waals surface area contributed by atoms with Crippen molar-refractivity contribution in [3.8, 4) is 0 Å². The van der Waals surface area contributed by atoms with Gasteiger partial charge in [-0.3, -0.25) is 14.6 Å². The summed E-state index contributed by atoms with van der Waals surface area (Å²) in [5.74, 6) is 0.678. The molecule has 1 amide bonds. The molecule has 1 unspecified atom stereocenters. The van der Waals surface area contributed by atoms with E-state index in [0.29, 0.717) is 12.5 Å². The Hall–Kier alpha value is -1.72. The molecule has 1 aliphatic rings. The van der Waals surface area contributed by atoms with Crippen molar-refractivity contribution in [2.24, 2.45) is 0 Å². The number of hydrogen-bond acceptors (Lipinski definition) is 4. The standard InChI is InChI=1S/C18H23N3OS/c1-3-21(14(2)22)18-19-17(13-23-18)12-20-10-9-16(11-20)15-7-5-4-6-8-15/h4-8,13,16H,3,9-12H2,1-2H3.